The zero-order valence-corrected chi connectivity index (χ0v) is 16.4. The van der Waals surface area contributed by atoms with E-state index in [-0.39, 0.29) is 10.6 Å². The zero-order chi connectivity index (χ0) is 18.1. The van der Waals surface area contributed by atoms with E-state index in [1.807, 2.05) is 6.07 Å². The first kappa shape index (κ1) is 18.5. The Morgan fingerprint density at radius 3 is 2.60 bits per heavy atom. The summed E-state index contributed by atoms with van der Waals surface area (Å²) in [5, 5.41) is 1.54. The maximum atomic E-state index is 12.6. The summed E-state index contributed by atoms with van der Waals surface area (Å²) in [5.74, 6) is -0.487. The molecule has 0 bridgehead atoms. The number of amides is 1. The smallest absolute Gasteiger partial charge is 0.281 e. The number of allylic oxidation sites excluding steroid dienone is 1. The van der Waals surface area contributed by atoms with Gasteiger partial charge in [0.05, 0.1) is 30.8 Å². The molecule has 0 atom stereocenters. The molecule has 0 aliphatic carbocycles. The van der Waals surface area contributed by atoms with Gasteiger partial charge in [0, 0.05) is 11.6 Å². The third-order valence-electron chi connectivity index (χ3n) is 3.40. The summed E-state index contributed by atoms with van der Waals surface area (Å²) in [4.78, 5) is 17.3. The van der Waals surface area contributed by atoms with Crippen LogP contribution in [0.1, 0.15) is 10.4 Å². The maximum Gasteiger partial charge on any atom is 0.281 e. The lowest BCUT2D eigenvalue weighted by atomic mass is 10.2. The lowest BCUT2D eigenvalue weighted by Gasteiger charge is -2.04. The van der Waals surface area contributed by atoms with Crippen molar-refractivity contribution in [3.05, 3.63) is 73.4 Å². The van der Waals surface area contributed by atoms with Gasteiger partial charge in [-0.05, 0) is 30.3 Å². The average molecular weight is 432 g/mol. The second kappa shape index (κ2) is 7.52. The van der Waals surface area contributed by atoms with Crippen LogP contribution in [0, 0.1) is 0 Å². The number of aromatic nitrogens is 1. The van der Waals surface area contributed by atoms with Gasteiger partial charge in [-0.25, -0.2) is 0 Å². The van der Waals surface area contributed by atoms with E-state index in [1.54, 1.807) is 28.8 Å². The number of nitrogens with zero attached hydrogens (tertiary/aromatic N) is 2. The standard InChI is InChI=1S/C17H10Cl4N2OS/c1-2-7-23-15-13(6-5-12(20)14(15)21)25-17(23)22-16(24)10-8-9(18)3-4-11(10)19/h2-6,8H,1,7H2. The number of halogens is 4. The van der Waals surface area contributed by atoms with Gasteiger partial charge in [-0.3, -0.25) is 4.79 Å². The maximum absolute atomic E-state index is 12.6. The van der Waals surface area contributed by atoms with Crippen molar-refractivity contribution in [2.45, 2.75) is 6.54 Å². The second-order valence-electron chi connectivity index (χ2n) is 5.03. The normalized spacial score (nSPS) is 11.9. The fourth-order valence-electron chi connectivity index (χ4n) is 2.30. The fourth-order valence-corrected chi connectivity index (χ4v) is 4.19. The number of rotatable bonds is 3. The van der Waals surface area contributed by atoms with Crippen molar-refractivity contribution in [1.29, 1.82) is 0 Å². The highest BCUT2D eigenvalue weighted by molar-refractivity contribution is 7.16. The average Bonchev–Trinajstić information content (AvgIpc) is 2.92. The van der Waals surface area contributed by atoms with Gasteiger partial charge in [-0.2, -0.15) is 4.99 Å². The van der Waals surface area contributed by atoms with Crippen LogP contribution in [0.2, 0.25) is 20.1 Å². The molecule has 1 aromatic heterocycles. The minimum atomic E-state index is -0.487. The van der Waals surface area contributed by atoms with Crippen LogP contribution in [0.3, 0.4) is 0 Å². The Bertz CT molecular complexity index is 1070. The molecular formula is C17H10Cl4N2OS. The molecule has 0 N–H and O–H groups in total. The largest absolute Gasteiger partial charge is 0.311 e. The Labute approximate surface area is 167 Å². The van der Waals surface area contributed by atoms with Crippen LogP contribution in [0.4, 0.5) is 0 Å². The first-order valence-corrected chi connectivity index (χ1v) is 9.37. The molecule has 3 rings (SSSR count). The molecule has 25 heavy (non-hydrogen) atoms. The van der Waals surface area contributed by atoms with E-state index in [9.17, 15) is 4.79 Å². The van der Waals surface area contributed by atoms with Crippen LogP contribution >= 0.6 is 57.7 Å². The molecule has 0 unspecified atom stereocenters. The SMILES string of the molecule is C=CCn1c(=NC(=O)c2cc(Cl)ccc2Cl)sc2ccc(Cl)c(Cl)c21. The van der Waals surface area contributed by atoms with E-state index in [2.05, 4.69) is 11.6 Å². The van der Waals surface area contributed by atoms with Crippen LogP contribution in [0.5, 0.6) is 0 Å². The lowest BCUT2D eigenvalue weighted by molar-refractivity contribution is 0.0998. The van der Waals surface area contributed by atoms with Gasteiger partial charge < -0.3 is 4.57 Å². The third-order valence-corrected chi connectivity index (χ3v) is 5.80. The summed E-state index contributed by atoms with van der Waals surface area (Å²) < 4.78 is 2.65. The number of hydrogen-bond donors (Lipinski definition) is 0. The summed E-state index contributed by atoms with van der Waals surface area (Å²) in [7, 11) is 0. The minimum absolute atomic E-state index is 0.237. The molecule has 0 aliphatic heterocycles. The molecule has 2 aromatic carbocycles. The number of carbonyl (C=O) groups is 1. The highest BCUT2D eigenvalue weighted by atomic mass is 35.5. The molecule has 8 heteroatoms. The number of hydrogen-bond acceptors (Lipinski definition) is 2. The predicted octanol–water partition coefficient (Wildman–Crippen LogP) is 6.24. The van der Waals surface area contributed by atoms with Crippen LogP contribution in [0.15, 0.2) is 48.0 Å². The molecule has 1 amide bonds. The predicted molar refractivity (Wildman–Crippen MR) is 106 cm³/mol. The van der Waals surface area contributed by atoms with E-state index in [1.165, 1.54) is 17.4 Å². The zero-order valence-electron chi connectivity index (χ0n) is 12.6. The molecule has 0 saturated heterocycles. The van der Waals surface area contributed by atoms with Crippen molar-refractivity contribution in [2.75, 3.05) is 0 Å². The van der Waals surface area contributed by atoms with Gasteiger partial charge in [0.1, 0.15) is 0 Å². The van der Waals surface area contributed by atoms with Crippen molar-refractivity contribution >= 4 is 73.9 Å². The molecule has 128 valence electrons. The van der Waals surface area contributed by atoms with Gasteiger partial charge in [-0.1, -0.05) is 63.8 Å². The van der Waals surface area contributed by atoms with Gasteiger partial charge >= 0.3 is 0 Å². The van der Waals surface area contributed by atoms with E-state index in [0.717, 1.165) is 4.70 Å². The number of benzene rings is 2. The van der Waals surface area contributed by atoms with Crippen LogP contribution in [-0.2, 0) is 6.54 Å². The Morgan fingerprint density at radius 2 is 1.88 bits per heavy atom. The molecule has 0 fully saturated rings. The van der Waals surface area contributed by atoms with E-state index >= 15 is 0 Å². The van der Waals surface area contributed by atoms with Gasteiger partial charge in [-0.15, -0.1) is 6.58 Å². The molecule has 0 saturated carbocycles. The van der Waals surface area contributed by atoms with Crippen LogP contribution in [-0.4, -0.2) is 10.5 Å². The highest BCUT2D eigenvalue weighted by Gasteiger charge is 2.15. The first-order chi connectivity index (χ1) is 11.9. The van der Waals surface area contributed by atoms with Crippen molar-refractivity contribution < 1.29 is 4.79 Å². The van der Waals surface area contributed by atoms with Crippen molar-refractivity contribution in [1.82, 2.24) is 4.57 Å². The Morgan fingerprint density at radius 1 is 1.16 bits per heavy atom. The van der Waals surface area contributed by atoms with Gasteiger partial charge in [0.2, 0.25) is 0 Å². The van der Waals surface area contributed by atoms with Gasteiger partial charge in [0.25, 0.3) is 5.91 Å². The Hall–Kier alpha value is -1.30. The molecule has 0 spiro atoms. The summed E-state index contributed by atoms with van der Waals surface area (Å²) in [6.07, 6.45) is 1.69. The quantitative estimate of drug-likeness (QED) is 0.451. The molecule has 3 nitrogen and oxygen atoms in total. The van der Waals surface area contributed by atoms with Crippen molar-refractivity contribution in [3.8, 4) is 0 Å². The lowest BCUT2D eigenvalue weighted by Crippen LogP contribution is -2.16. The highest BCUT2D eigenvalue weighted by Crippen LogP contribution is 2.32. The topological polar surface area (TPSA) is 34.4 Å². The third kappa shape index (κ3) is 3.64. The van der Waals surface area contributed by atoms with Gasteiger partial charge in [0.15, 0.2) is 4.80 Å². The van der Waals surface area contributed by atoms with Crippen molar-refractivity contribution in [3.63, 3.8) is 0 Å². The Kier molecular flexibility index (Phi) is 5.56. The Balaban J connectivity index is 2.24. The first-order valence-electron chi connectivity index (χ1n) is 7.04. The van der Waals surface area contributed by atoms with Crippen LogP contribution in [0.25, 0.3) is 10.2 Å². The molecule has 0 radical (unpaired) electrons. The number of thiazole rings is 1. The fraction of sp³-hybridized carbons (Fsp3) is 0.0588. The number of carbonyl (C=O) groups excluding carboxylic acids is 1. The monoisotopic (exact) mass is 430 g/mol. The van der Waals surface area contributed by atoms with Crippen LogP contribution < -0.4 is 4.80 Å². The van der Waals surface area contributed by atoms with E-state index in [4.69, 9.17) is 46.4 Å². The second-order valence-corrected chi connectivity index (χ2v) is 7.67. The minimum Gasteiger partial charge on any atom is -0.311 e. The molecule has 3 aromatic rings. The van der Waals surface area contributed by atoms with E-state index in [0.29, 0.717) is 31.9 Å². The van der Waals surface area contributed by atoms with Crippen molar-refractivity contribution in [2.24, 2.45) is 4.99 Å². The number of fused-ring (bicyclic) bond motifs is 1. The summed E-state index contributed by atoms with van der Waals surface area (Å²) in [6.45, 7) is 4.17. The molecule has 1 heterocycles. The molecule has 0 aliphatic rings. The molecular weight excluding hydrogens is 422 g/mol. The summed E-state index contributed by atoms with van der Waals surface area (Å²) in [5.41, 5.74) is 0.948. The summed E-state index contributed by atoms with van der Waals surface area (Å²) in [6, 6.07) is 8.21. The van der Waals surface area contributed by atoms with E-state index < -0.39 is 5.91 Å². The summed E-state index contributed by atoms with van der Waals surface area (Å²) >= 11 is 25.8.